The van der Waals surface area contributed by atoms with Gasteiger partial charge >= 0.3 is 5.97 Å². The number of benzene rings is 1. The summed E-state index contributed by atoms with van der Waals surface area (Å²) < 4.78 is 5.34. The zero-order valence-corrected chi connectivity index (χ0v) is 9.63. The number of nitrogens with two attached hydrogens (primary N) is 1. The SMILES string of the molecule is C=CCOc1ccc(C[C@H](N)CC(=O)O)cc1. The minimum absolute atomic E-state index is 0.0191. The summed E-state index contributed by atoms with van der Waals surface area (Å²) in [7, 11) is 0. The van der Waals surface area contributed by atoms with Gasteiger partial charge in [0, 0.05) is 6.04 Å². The molecule has 0 saturated carbocycles. The molecule has 0 saturated heterocycles. The standard InChI is InChI=1S/C13H17NO3/c1-2-7-17-12-5-3-10(4-6-12)8-11(14)9-13(15)16/h2-6,11H,1,7-9,14H2,(H,15,16)/t11-/m0/s1. The smallest absolute Gasteiger partial charge is 0.304 e. The van der Waals surface area contributed by atoms with E-state index in [1.807, 2.05) is 24.3 Å². The molecule has 1 aromatic carbocycles. The molecular weight excluding hydrogens is 218 g/mol. The van der Waals surface area contributed by atoms with Gasteiger partial charge in [0.15, 0.2) is 0 Å². The molecule has 0 unspecified atom stereocenters. The molecule has 0 radical (unpaired) electrons. The number of carboxylic acid groups (broad SMARTS) is 1. The molecule has 0 fully saturated rings. The van der Waals surface area contributed by atoms with Crippen molar-refractivity contribution in [3.05, 3.63) is 42.5 Å². The first-order valence-electron chi connectivity index (χ1n) is 5.42. The monoisotopic (exact) mass is 235 g/mol. The van der Waals surface area contributed by atoms with E-state index in [1.54, 1.807) is 6.08 Å². The van der Waals surface area contributed by atoms with E-state index in [2.05, 4.69) is 6.58 Å². The molecular formula is C13H17NO3. The second kappa shape index (κ2) is 6.70. The average molecular weight is 235 g/mol. The molecule has 0 amide bonds. The third-order valence-electron chi connectivity index (χ3n) is 2.23. The Labute approximate surface area is 101 Å². The van der Waals surface area contributed by atoms with E-state index >= 15 is 0 Å². The Morgan fingerprint density at radius 3 is 2.65 bits per heavy atom. The van der Waals surface area contributed by atoms with Crippen molar-refractivity contribution >= 4 is 5.97 Å². The maximum atomic E-state index is 10.5. The van der Waals surface area contributed by atoms with Crippen LogP contribution >= 0.6 is 0 Å². The summed E-state index contributed by atoms with van der Waals surface area (Å²) >= 11 is 0. The van der Waals surface area contributed by atoms with Gasteiger partial charge in [0.05, 0.1) is 6.42 Å². The predicted octanol–water partition coefficient (Wildman–Crippen LogP) is 1.60. The molecule has 4 nitrogen and oxygen atoms in total. The van der Waals surface area contributed by atoms with Crippen LogP contribution < -0.4 is 10.5 Å². The lowest BCUT2D eigenvalue weighted by Gasteiger charge is -2.09. The Balaban J connectivity index is 2.49. The predicted molar refractivity (Wildman–Crippen MR) is 66.1 cm³/mol. The summed E-state index contributed by atoms with van der Waals surface area (Å²) in [5.74, 6) is -0.108. The number of hydrogen-bond acceptors (Lipinski definition) is 3. The van der Waals surface area contributed by atoms with Gasteiger partial charge in [-0.1, -0.05) is 24.8 Å². The maximum absolute atomic E-state index is 10.5. The van der Waals surface area contributed by atoms with E-state index in [0.717, 1.165) is 11.3 Å². The average Bonchev–Trinajstić information content (AvgIpc) is 2.27. The van der Waals surface area contributed by atoms with Crippen molar-refractivity contribution in [3.63, 3.8) is 0 Å². The van der Waals surface area contributed by atoms with Gasteiger partial charge in [-0.3, -0.25) is 4.79 Å². The van der Waals surface area contributed by atoms with Crippen LogP contribution in [-0.4, -0.2) is 23.7 Å². The van der Waals surface area contributed by atoms with E-state index in [1.165, 1.54) is 0 Å². The molecule has 1 atom stereocenters. The molecule has 0 aromatic heterocycles. The summed E-state index contributed by atoms with van der Waals surface area (Å²) in [6, 6.07) is 7.10. The molecule has 0 bridgehead atoms. The second-order valence-electron chi connectivity index (χ2n) is 3.81. The lowest BCUT2D eigenvalue weighted by atomic mass is 10.0. The van der Waals surface area contributed by atoms with Crippen LogP contribution in [0.3, 0.4) is 0 Å². The second-order valence-corrected chi connectivity index (χ2v) is 3.81. The Morgan fingerprint density at radius 2 is 2.12 bits per heavy atom. The molecule has 0 heterocycles. The van der Waals surface area contributed by atoms with E-state index in [0.29, 0.717) is 13.0 Å². The molecule has 0 aliphatic carbocycles. The van der Waals surface area contributed by atoms with Gasteiger partial charge < -0.3 is 15.6 Å². The highest BCUT2D eigenvalue weighted by atomic mass is 16.5. The largest absolute Gasteiger partial charge is 0.490 e. The van der Waals surface area contributed by atoms with Gasteiger partial charge in [-0.15, -0.1) is 0 Å². The fourth-order valence-corrected chi connectivity index (χ4v) is 1.48. The summed E-state index contributed by atoms with van der Waals surface area (Å²) in [6.07, 6.45) is 2.21. The highest BCUT2D eigenvalue weighted by Crippen LogP contribution is 2.13. The minimum Gasteiger partial charge on any atom is -0.490 e. The van der Waals surface area contributed by atoms with Crippen molar-refractivity contribution in [2.45, 2.75) is 18.9 Å². The minimum atomic E-state index is -0.872. The van der Waals surface area contributed by atoms with Crippen molar-refractivity contribution in [2.24, 2.45) is 5.73 Å². The van der Waals surface area contributed by atoms with Crippen LogP contribution in [0, 0.1) is 0 Å². The fraction of sp³-hybridized carbons (Fsp3) is 0.308. The van der Waals surface area contributed by atoms with Gasteiger partial charge in [-0.05, 0) is 24.1 Å². The summed E-state index contributed by atoms with van der Waals surface area (Å²) in [6.45, 7) is 4.03. The van der Waals surface area contributed by atoms with Crippen molar-refractivity contribution in [1.82, 2.24) is 0 Å². The van der Waals surface area contributed by atoms with Crippen LogP contribution in [0.15, 0.2) is 36.9 Å². The van der Waals surface area contributed by atoms with Gasteiger partial charge in [0.25, 0.3) is 0 Å². The highest BCUT2D eigenvalue weighted by Gasteiger charge is 2.08. The van der Waals surface area contributed by atoms with E-state index in [4.69, 9.17) is 15.6 Å². The number of rotatable bonds is 7. The Kier molecular flexibility index (Phi) is 5.23. The number of carbonyl (C=O) groups is 1. The molecule has 92 valence electrons. The first-order valence-corrected chi connectivity index (χ1v) is 5.42. The van der Waals surface area contributed by atoms with Crippen molar-refractivity contribution in [2.75, 3.05) is 6.61 Å². The molecule has 1 aromatic rings. The van der Waals surface area contributed by atoms with Crippen LogP contribution in [0.4, 0.5) is 0 Å². The van der Waals surface area contributed by atoms with Gasteiger partial charge in [0.1, 0.15) is 12.4 Å². The van der Waals surface area contributed by atoms with Crippen molar-refractivity contribution in [1.29, 1.82) is 0 Å². The molecule has 17 heavy (non-hydrogen) atoms. The summed E-state index contributed by atoms with van der Waals surface area (Å²) in [5.41, 5.74) is 6.70. The van der Waals surface area contributed by atoms with E-state index in [-0.39, 0.29) is 12.5 Å². The van der Waals surface area contributed by atoms with Crippen molar-refractivity contribution < 1.29 is 14.6 Å². The topological polar surface area (TPSA) is 72.5 Å². The Morgan fingerprint density at radius 1 is 1.47 bits per heavy atom. The van der Waals surface area contributed by atoms with E-state index in [9.17, 15) is 4.79 Å². The number of carboxylic acids is 1. The van der Waals surface area contributed by atoms with Crippen LogP contribution in [0.5, 0.6) is 5.75 Å². The molecule has 1 rings (SSSR count). The first kappa shape index (κ1) is 13.3. The molecule has 0 aliphatic rings. The van der Waals surface area contributed by atoms with Crippen LogP contribution in [0.25, 0.3) is 0 Å². The maximum Gasteiger partial charge on any atom is 0.304 e. The fourth-order valence-electron chi connectivity index (χ4n) is 1.48. The highest BCUT2D eigenvalue weighted by molar-refractivity contribution is 5.67. The third kappa shape index (κ3) is 5.17. The zero-order valence-electron chi connectivity index (χ0n) is 9.63. The molecule has 0 spiro atoms. The van der Waals surface area contributed by atoms with E-state index < -0.39 is 5.97 Å². The lowest BCUT2D eigenvalue weighted by Crippen LogP contribution is -2.26. The number of aliphatic carboxylic acids is 1. The molecule has 4 heteroatoms. The Hall–Kier alpha value is -1.81. The van der Waals surface area contributed by atoms with Crippen molar-refractivity contribution in [3.8, 4) is 5.75 Å². The molecule has 3 N–H and O–H groups in total. The third-order valence-corrected chi connectivity index (χ3v) is 2.23. The van der Waals surface area contributed by atoms with Crippen LogP contribution in [0.1, 0.15) is 12.0 Å². The number of hydrogen-bond donors (Lipinski definition) is 2. The van der Waals surface area contributed by atoms with Gasteiger partial charge in [-0.25, -0.2) is 0 Å². The zero-order chi connectivity index (χ0) is 12.7. The van der Waals surface area contributed by atoms with Gasteiger partial charge in [0.2, 0.25) is 0 Å². The first-order chi connectivity index (χ1) is 8.11. The lowest BCUT2D eigenvalue weighted by molar-refractivity contribution is -0.137. The van der Waals surface area contributed by atoms with Crippen LogP contribution in [-0.2, 0) is 11.2 Å². The summed E-state index contributed by atoms with van der Waals surface area (Å²) in [4.78, 5) is 10.5. The number of ether oxygens (including phenoxy) is 1. The normalized spacial score (nSPS) is 11.8. The Bertz CT molecular complexity index is 373. The van der Waals surface area contributed by atoms with Gasteiger partial charge in [-0.2, -0.15) is 0 Å². The molecule has 0 aliphatic heterocycles. The van der Waals surface area contributed by atoms with Crippen LogP contribution in [0.2, 0.25) is 0 Å². The summed E-state index contributed by atoms with van der Waals surface area (Å²) in [5, 5.41) is 8.59. The quantitative estimate of drug-likeness (QED) is 0.704.